The average molecular weight is 399 g/mol. The van der Waals surface area contributed by atoms with E-state index in [9.17, 15) is 4.79 Å². The molecule has 1 aliphatic heterocycles. The maximum absolute atomic E-state index is 12.7. The zero-order valence-corrected chi connectivity index (χ0v) is 17.5. The third kappa shape index (κ3) is 4.99. The summed E-state index contributed by atoms with van der Waals surface area (Å²) in [6.07, 6.45) is 9.61. The fourth-order valence-corrected chi connectivity index (χ4v) is 3.91. The molecular formula is C22H26N2O3S. The molecule has 0 atom stereocenters. The third-order valence-electron chi connectivity index (χ3n) is 3.91. The Bertz CT molecular complexity index is 837. The van der Waals surface area contributed by atoms with Crippen LogP contribution in [0.4, 0.5) is 0 Å². The summed E-state index contributed by atoms with van der Waals surface area (Å²) in [7, 11) is 0. The first-order chi connectivity index (χ1) is 13.6. The molecule has 2 rings (SSSR count). The number of benzene rings is 1. The number of aliphatic imine (C=N–C) groups is 1. The molecule has 1 amide bonds. The van der Waals surface area contributed by atoms with Gasteiger partial charge in [-0.05, 0) is 62.7 Å². The average Bonchev–Trinajstić information content (AvgIpc) is 2.96. The van der Waals surface area contributed by atoms with E-state index >= 15 is 0 Å². The summed E-state index contributed by atoms with van der Waals surface area (Å²) in [6, 6.07) is 3.84. The minimum absolute atomic E-state index is 0.0319. The number of allylic oxidation sites excluding steroid dienone is 1. The monoisotopic (exact) mass is 398 g/mol. The first-order valence-electron chi connectivity index (χ1n) is 9.32. The molecule has 5 nitrogen and oxygen atoms in total. The van der Waals surface area contributed by atoms with Crippen LogP contribution < -0.4 is 9.47 Å². The van der Waals surface area contributed by atoms with Gasteiger partial charge in [-0.3, -0.25) is 14.7 Å². The molecule has 1 aliphatic rings. The molecule has 1 fully saturated rings. The van der Waals surface area contributed by atoms with E-state index in [1.165, 1.54) is 11.8 Å². The zero-order valence-electron chi connectivity index (χ0n) is 16.7. The van der Waals surface area contributed by atoms with Gasteiger partial charge in [0.25, 0.3) is 5.91 Å². The van der Waals surface area contributed by atoms with Crippen LogP contribution in [0, 0.1) is 12.3 Å². The van der Waals surface area contributed by atoms with Crippen molar-refractivity contribution in [3.05, 3.63) is 40.8 Å². The van der Waals surface area contributed by atoms with E-state index in [-0.39, 0.29) is 12.5 Å². The van der Waals surface area contributed by atoms with Crippen molar-refractivity contribution in [2.75, 3.05) is 26.3 Å². The Morgan fingerprint density at radius 2 is 2.11 bits per heavy atom. The van der Waals surface area contributed by atoms with Crippen molar-refractivity contribution < 1.29 is 14.3 Å². The number of amides is 1. The summed E-state index contributed by atoms with van der Waals surface area (Å²) < 4.78 is 11.5. The smallest absolute Gasteiger partial charge is 0.266 e. The standard InChI is InChI=1S/C22H26N2O3S/c1-6-11-17-13-16(14-18(26-10-5)20(17)27-12-7-2)15-19-21(25)24(9-4)22(28-19)23-8-3/h2,6,13-15H,1,8-12H2,3-5H3/b19-15+,23-22?. The van der Waals surface area contributed by atoms with E-state index < -0.39 is 0 Å². The quantitative estimate of drug-likeness (QED) is 0.356. The van der Waals surface area contributed by atoms with Crippen LogP contribution in [0.15, 0.2) is 34.7 Å². The molecule has 0 bridgehead atoms. The normalized spacial score (nSPS) is 16.5. The number of carbonyl (C=O) groups excluding carboxylic acids is 1. The van der Waals surface area contributed by atoms with Crippen LogP contribution in [-0.4, -0.2) is 42.3 Å². The molecule has 148 valence electrons. The van der Waals surface area contributed by atoms with Crippen molar-refractivity contribution in [3.63, 3.8) is 0 Å². The van der Waals surface area contributed by atoms with Crippen LogP contribution in [-0.2, 0) is 11.2 Å². The molecule has 0 spiro atoms. The predicted molar refractivity (Wildman–Crippen MR) is 117 cm³/mol. The minimum Gasteiger partial charge on any atom is -0.490 e. The molecule has 0 aliphatic carbocycles. The van der Waals surface area contributed by atoms with Gasteiger partial charge in [-0.25, -0.2) is 0 Å². The van der Waals surface area contributed by atoms with E-state index in [0.29, 0.717) is 42.5 Å². The largest absolute Gasteiger partial charge is 0.490 e. The number of likely N-dealkylation sites (N-methyl/N-ethyl adjacent to an activating group) is 1. The number of rotatable bonds is 9. The Kier molecular flexibility index (Phi) is 8.21. The van der Waals surface area contributed by atoms with Gasteiger partial charge in [0.05, 0.1) is 11.5 Å². The summed E-state index contributed by atoms with van der Waals surface area (Å²) >= 11 is 1.40. The van der Waals surface area contributed by atoms with Gasteiger partial charge in [-0.2, -0.15) is 0 Å². The van der Waals surface area contributed by atoms with Crippen LogP contribution in [0.1, 0.15) is 31.9 Å². The molecule has 0 aromatic heterocycles. The Hall–Kier alpha value is -2.65. The van der Waals surface area contributed by atoms with E-state index in [0.717, 1.165) is 16.3 Å². The number of hydrogen-bond donors (Lipinski definition) is 0. The number of terminal acetylenes is 1. The maximum Gasteiger partial charge on any atom is 0.266 e. The van der Waals surface area contributed by atoms with Crippen molar-refractivity contribution in [1.82, 2.24) is 4.90 Å². The van der Waals surface area contributed by atoms with E-state index in [4.69, 9.17) is 15.9 Å². The first kappa shape index (κ1) is 21.6. The molecule has 0 unspecified atom stereocenters. The van der Waals surface area contributed by atoms with Crippen LogP contribution in [0.25, 0.3) is 6.08 Å². The van der Waals surface area contributed by atoms with Gasteiger partial charge in [0, 0.05) is 18.7 Å². The second-order valence-electron chi connectivity index (χ2n) is 5.84. The molecule has 1 saturated heterocycles. The van der Waals surface area contributed by atoms with Crippen molar-refractivity contribution >= 4 is 28.9 Å². The van der Waals surface area contributed by atoms with Gasteiger partial charge in [0.15, 0.2) is 16.7 Å². The lowest BCUT2D eigenvalue weighted by molar-refractivity contribution is -0.122. The minimum atomic E-state index is -0.0319. The lowest BCUT2D eigenvalue weighted by Crippen LogP contribution is -2.28. The maximum atomic E-state index is 12.7. The van der Waals surface area contributed by atoms with Crippen LogP contribution in [0.5, 0.6) is 11.5 Å². The number of thioether (sulfide) groups is 1. The van der Waals surface area contributed by atoms with E-state index in [2.05, 4.69) is 17.5 Å². The highest BCUT2D eigenvalue weighted by Crippen LogP contribution is 2.37. The van der Waals surface area contributed by atoms with E-state index in [1.807, 2.05) is 39.0 Å². The topological polar surface area (TPSA) is 51.1 Å². The number of ether oxygens (including phenoxy) is 2. The molecule has 1 aromatic carbocycles. The fourth-order valence-electron chi connectivity index (χ4n) is 2.81. The van der Waals surface area contributed by atoms with Crippen LogP contribution >= 0.6 is 11.8 Å². The highest BCUT2D eigenvalue weighted by atomic mass is 32.2. The van der Waals surface area contributed by atoms with Gasteiger partial charge in [0.1, 0.15) is 6.61 Å². The molecule has 28 heavy (non-hydrogen) atoms. The van der Waals surface area contributed by atoms with Gasteiger partial charge >= 0.3 is 0 Å². The summed E-state index contributed by atoms with van der Waals surface area (Å²) in [4.78, 5) is 19.5. The van der Waals surface area contributed by atoms with Crippen LogP contribution in [0.2, 0.25) is 0 Å². The van der Waals surface area contributed by atoms with Gasteiger partial charge in [0.2, 0.25) is 0 Å². The second-order valence-corrected chi connectivity index (χ2v) is 6.85. The van der Waals surface area contributed by atoms with Crippen molar-refractivity contribution in [3.8, 4) is 23.8 Å². The summed E-state index contributed by atoms with van der Waals surface area (Å²) in [5.41, 5.74) is 1.77. The third-order valence-corrected chi connectivity index (χ3v) is 4.96. The molecular weight excluding hydrogens is 372 g/mol. The van der Waals surface area contributed by atoms with Crippen molar-refractivity contribution in [1.29, 1.82) is 0 Å². The summed E-state index contributed by atoms with van der Waals surface area (Å²) in [5, 5.41) is 0.742. The SMILES string of the molecule is C#CCOc1c(CC=C)cc(/C=C2/SC(=NCC)N(CC)C2=O)cc1OCC. The number of nitrogens with zero attached hydrogens (tertiary/aromatic N) is 2. The van der Waals surface area contributed by atoms with Crippen molar-refractivity contribution in [2.24, 2.45) is 4.99 Å². The predicted octanol–water partition coefficient (Wildman–Crippen LogP) is 4.14. The Balaban J connectivity index is 2.49. The molecule has 6 heteroatoms. The lowest BCUT2D eigenvalue weighted by Gasteiger charge is -2.15. The summed E-state index contributed by atoms with van der Waals surface area (Å²) in [6.45, 7) is 11.5. The molecule has 0 N–H and O–H groups in total. The summed E-state index contributed by atoms with van der Waals surface area (Å²) in [5.74, 6) is 3.67. The molecule has 1 heterocycles. The molecule has 1 aromatic rings. The Morgan fingerprint density at radius 3 is 2.71 bits per heavy atom. The molecule has 0 saturated carbocycles. The zero-order chi connectivity index (χ0) is 20.5. The van der Waals surface area contributed by atoms with E-state index in [1.54, 1.807) is 11.0 Å². The highest BCUT2D eigenvalue weighted by molar-refractivity contribution is 8.18. The Labute approximate surface area is 171 Å². The number of amidine groups is 1. The Morgan fingerprint density at radius 1 is 1.32 bits per heavy atom. The van der Waals surface area contributed by atoms with Gasteiger partial charge < -0.3 is 9.47 Å². The molecule has 0 radical (unpaired) electrons. The first-order valence-corrected chi connectivity index (χ1v) is 10.1. The lowest BCUT2D eigenvalue weighted by atomic mass is 10.0. The number of hydrogen-bond acceptors (Lipinski definition) is 5. The number of carbonyl (C=O) groups is 1. The fraction of sp³-hybridized carbons (Fsp3) is 0.364. The van der Waals surface area contributed by atoms with Crippen molar-refractivity contribution in [2.45, 2.75) is 27.2 Å². The van der Waals surface area contributed by atoms with Gasteiger partial charge in [-0.15, -0.1) is 13.0 Å². The highest BCUT2D eigenvalue weighted by Gasteiger charge is 2.31. The second kappa shape index (κ2) is 10.6. The van der Waals surface area contributed by atoms with Crippen LogP contribution in [0.3, 0.4) is 0 Å². The van der Waals surface area contributed by atoms with Gasteiger partial charge in [-0.1, -0.05) is 12.0 Å².